The smallest absolute Gasteiger partial charge is 0.141 e. The third-order valence-electron chi connectivity index (χ3n) is 2.24. The first kappa shape index (κ1) is 12.6. The SMILES string of the molecule is CC(C)CC(C(=O)C(C)C)C(C)O. The predicted octanol–water partition coefficient (Wildman–Crippen LogP) is 2.25. The summed E-state index contributed by atoms with van der Waals surface area (Å²) in [6.45, 7) is 9.62. The Bertz CT molecular complexity index is 159. The molecule has 0 heterocycles. The summed E-state index contributed by atoms with van der Waals surface area (Å²) in [5.74, 6) is 0.490. The standard InChI is InChI=1S/C11H22O2/c1-7(2)6-10(9(5)12)11(13)8(3)4/h7-10,12H,6H2,1-5H3. The number of carbonyl (C=O) groups is 1. The Morgan fingerprint density at radius 1 is 1.15 bits per heavy atom. The maximum Gasteiger partial charge on any atom is 0.141 e. The molecule has 0 spiro atoms. The highest BCUT2D eigenvalue weighted by Crippen LogP contribution is 2.20. The van der Waals surface area contributed by atoms with Crippen LogP contribution in [0.5, 0.6) is 0 Å². The van der Waals surface area contributed by atoms with E-state index >= 15 is 0 Å². The molecule has 0 aromatic rings. The van der Waals surface area contributed by atoms with Crippen LogP contribution < -0.4 is 0 Å². The summed E-state index contributed by atoms with van der Waals surface area (Å²) in [6.07, 6.45) is 0.270. The lowest BCUT2D eigenvalue weighted by molar-refractivity contribution is -0.129. The maximum atomic E-state index is 11.7. The molecule has 13 heavy (non-hydrogen) atoms. The van der Waals surface area contributed by atoms with Gasteiger partial charge in [-0.3, -0.25) is 4.79 Å². The Kier molecular flexibility index (Phi) is 5.23. The largest absolute Gasteiger partial charge is 0.393 e. The topological polar surface area (TPSA) is 37.3 Å². The van der Waals surface area contributed by atoms with Gasteiger partial charge in [-0.15, -0.1) is 0 Å². The average Bonchev–Trinajstić information content (AvgIpc) is 1.97. The fraction of sp³-hybridized carbons (Fsp3) is 0.909. The summed E-state index contributed by atoms with van der Waals surface area (Å²) in [5.41, 5.74) is 0. The number of ketones is 1. The lowest BCUT2D eigenvalue weighted by atomic mass is 9.85. The average molecular weight is 186 g/mol. The summed E-state index contributed by atoms with van der Waals surface area (Å²) < 4.78 is 0. The van der Waals surface area contributed by atoms with Crippen LogP contribution in [-0.4, -0.2) is 17.0 Å². The van der Waals surface area contributed by atoms with Gasteiger partial charge in [0.25, 0.3) is 0 Å². The number of aliphatic hydroxyl groups excluding tert-OH is 1. The zero-order valence-electron chi connectivity index (χ0n) is 9.37. The number of aliphatic hydroxyl groups is 1. The van der Waals surface area contributed by atoms with Crippen molar-refractivity contribution in [1.82, 2.24) is 0 Å². The number of carbonyl (C=O) groups excluding carboxylic acids is 1. The molecule has 0 saturated heterocycles. The van der Waals surface area contributed by atoms with Crippen LogP contribution in [0, 0.1) is 17.8 Å². The molecule has 2 unspecified atom stereocenters. The van der Waals surface area contributed by atoms with Gasteiger partial charge in [-0.1, -0.05) is 27.7 Å². The number of rotatable bonds is 5. The fourth-order valence-corrected chi connectivity index (χ4v) is 1.49. The van der Waals surface area contributed by atoms with Gasteiger partial charge in [0.15, 0.2) is 0 Å². The predicted molar refractivity (Wildman–Crippen MR) is 54.5 cm³/mol. The minimum absolute atomic E-state index is 0.0262. The summed E-state index contributed by atoms with van der Waals surface area (Å²) in [4.78, 5) is 11.7. The van der Waals surface area contributed by atoms with Gasteiger partial charge < -0.3 is 5.11 Å². The van der Waals surface area contributed by atoms with E-state index in [1.165, 1.54) is 0 Å². The van der Waals surface area contributed by atoms with Crippen LogP contribution in [0.25, 0.3) is 0 Å². The van der Waals surface area contributed by atoms with Crippen LogP contribution in [-0.2, 0) is 4.79 Å². The number of Topliss-reactive ketones (excluding diaryl/α,β-unsaturated/α-hetero) is 1. The molecule has 0 saturated carbocycles. The van der Waals surface area contributed by atoms with E-state index < -0.39 is 6.10 Å². The Labute approximate surface area is 81.3 Å². The molecule has 0 aliphatic rings. The molecule has 1 N–H and O–H groups in total. The summed E-state index contributed by atoms with van der Waals surface area (Å²) in [7, 11) is 0. The normalized spacial score (nSPS) is 16.3. The molecular formula is C11H22O2. The molecule has 0 aliphatic heterocycles. The number of hydrogen-bond acceptors (Lipinski definition) is 2. The Hall–Kier alpha value is -0.370. The molecule has 0 radical (unpaired) electrons. The van der Waals surface area contributed by atoms with E-state index in [4.69, 9.17) is 0 Å². The molecule has 2 heteroatoms. The second-order valence-corrected chi connectivity index (χ2v) is 4.53. The molecule has 0 bridgehead atoms. The Balaban J connectivity index is 4.33. The quantitative estimate of drug-likeness (QED) is 0.715. The van der Waals surface area contributed by atoms with Crippen molar-refractivity contribution < 1.29 is 9.90 Å². The van der Waals surface area contributed by atoms with Crippen molar-refractivity contribution in [3.63, 3.8) is 0 Å². The zero-order chi connectivity index (χ0) is 10.6. The number of hydrogen-bond donors (Lipinski definition) is 1. The lowest BCUT2D eigenvalue weighted by Gasteiger charge is -2.22. The lowest BCUT2D eigenvalue weighted by Crippen LogP contribution is -2.30. The second-order valence-electron chi connectivity index (χ2n) is 4.53. The Morgan fingerprint density at radius 3 is 1.85 bits per heavy atom. The molecule has 0 aromatic heterocycles. The fourth-order valence-electron chi connectivity index (χ4n) is 1.49. The van der Waals surface area contributed by atoms with Gasteiger partial charge in [0.05, 0.1) is 6.10 Å². The first-order valence-corrected chi connectivity index (χ1v) is 5.08. The summed E-state index contributed by atoms with van der Waals surface area (Å²) in [6, 6.07) is 0. The van der Waals surface area contributed by atoms with E-state index in [1.54, 1.807) is 6.92 Å². The molecule has 0 aromatic carbocycles. The summed E-state index contributed by atoms with van der Waals surface area (Å²) >= 11 is 0. The van der Waals surface area contributed by atoms with Gasteiger partial charge in [-0.2, -0.15) is 0 Å². The van der Waals surface area contributed by atoms with Gasteiger partial charge in [0, 0.05) is 11.8 Å². The van der Waals surface area contributed by atoms with Crippen molar-refractivity contribution in [3.8, 4) is 0 Å². The minimum Gasteiger partial charge on any atom is -0.393 e. The molecule has 78 valence electrons. The van der Waals surface area contributed by atoms with Crippen molar-refractivity contribution >= 4 is 5.78 Å². The second kappa shape index (κ2) is 5.38. The van der Waals surface area contributed by atoms with Gasteiger partial charge in [0.1, 0.15) is 5.78 Å². The highest BCUT2D eigenvalue weighted by atomic mass is 16.3. The van der Waals surface area contributed by atoms with Crippen LogP contribution in [0.4, 0.5) is 0 Å². The monoisotopic (exact) mass is 186 g/mol. The van der Waals surface area contributed by atoms with E-state index in [0.29, 0.717) is 5.92 Å². The molecule has 2 nitrogen and oxygen atoms in total. The van der Waals surface area contributed by atoms with E-state index in [2.05, 4.69) is 13.8 Å². The van der Waals surface area contributed by atoms with Gasteiger partial charge in [-0.05, 0) is 19.3 Å². The molecule has 0 fully saturated rings. The van der Waals surface area contributed by atoms with Crippen molar-refractivity contribution in [2.45, 2.75) is 47.1 Å². The third-order valence-corrected chi connectivity index (χ3v) is 2.24. The molecule has 0 amide bonds. The van der Waals surface area contributed by atoms with Crippen LogP contribution in [0.1, 0.15) is 41.0 Å². The van der Waals surface area contributed by atoms with Gasteiger partial charge in [-0.25, -0.2) is 0 Å². The van der Waals surface area contributed by atoms with Crippen molar-refractivity contribution in [2.75, 3.05) is 0 Å². The highest BCUT2D eigenvalue weighted by molar-refractivity contribution is 5.83. The van der Waals surface area contributed by atoms with E-state index in [1.807, 2.05) is 13.8 Å². The maximum absolute atomic E-state index is 11.7. The first-order chi connectivity index (χ1) is 5.86. The van der Waals surface area contributed by atoms with Crippen LogP contribution in [0.3, 0.4) is 0 Å². The molecular weight excluding hydrogens is 164 g/mol. The molecule has 0 aliphatic carbocycles. The summed E-state index contributed by atoms with van der Waals surface area (Å²) in [5, 5.41) is 9.46. The van der Waals surface area contributed by atoms with Crippen molar-refractivity contribution in [3.05, 3.63) is 0 Å². The van der Waals surface area contributed by atoms with E-state index in [9.17, 15) is 9.90 Å². The van der Waals surface area contributed by atoms with Gasteiger partial charge >= 0.3 is 0 Å². The zero-order valence-corrected chi connectivity index (χ0v) is 9.37. The molecule has 2 atom stereocenters. The van der Waals surface area contributed by atoms with E-state index in [0.717, 1.165) is 6.42 Å². The van der Waals surface area contributed by atoms with Crippen LogP contribution >= 0.6 is 0 Å². The third kappa shape index (κ3) is 4.41. The highest BCUT2D eigenvalue weighted by Gasteiger charge is 2.26. The van der Waals surface area contributed by atoms with Crippen LogP contribution in [0.2, 0.25) is 0 Å². The van der Waals surface area contributed by atoms with Crippen LogP contribution in [0.15, 0.2) is 0 Å². The minimum atomic E-state index is -0.516. The Morgan fingerprint density at radius 2 is 1.62 bits per heavy atom. The molecule has 0 rings (SSSR count). The first-order valence-electron chi connectivity index (χ1n) is 5.08. The van der Waals surface area contributed by atoms with Crippen molar-refractivity contribution in [1.29, 1.82) is 0 Å². The van der Waals surface area contributed by atoms with E-state index in [-0.39, 0.29) is 17.6 Å². The van der Waals surface area contributed by atoms with Crippen molar-refractivity contribution in [2.24, 2.45) is 17.8 Å². The van der Waals surface area contributed by atoms with Gasteiger partial charge in [0.2, 0.25) is 0 Å².